The molecular formula is C18H21N3O3. The third-order valence-corrected chi connectivity index (χ3v) is 3.45. The highest BCUT2D eigenvalue weighted by molar-refractivity contribution is 6.08. The number of aromatic nitrogens is 1. The van der Waals surface area contributed by atoms with E-state index in [-0.39, 0.29) is 17.9 Å². The second-order valence-electron chi connectivity index (χ2n) is 5.62. The molecule has 0 saturated heterocycles. The van der Waals surface area contributed by atoms with Gasteiger partial charge in [0.25, 0.3) is 11.8 Å². The van der Waals surface area contributed by atoms with Crippen LogP contribution in [0.2, 0.25) is 0 Å². The number of carbonyl (C=O) groups is 2. The Morgan fingerprint density at radius 3 is 2.58 bits per heavy atom. The first kappa shape index (κ1) is 17.5. The zero-order chi connectivity index (χ0) is 17.7. The van der Waals surface area contributed by atoms with Crippen molar-refractivity contribution in [3.05, 3.63) is 53.9 Å². The summed E-state index contributed by atoms with van der Waals surface area (Å²) in [6.45, 7) is 3.74. The van der Waals surface area contributed by atoms with Crippen LogP contribution in [0.15, 0.2) is 42.7 Å². The number of nitrogens with one attached hydrogen (secondary N) is 1. The maximum Gasteiger partial charge on any atom is 0.258 e. The highest BCUT2D eigenvalue weighted by Gasteiger charge is 2.19. The molecule has 0 radical (unpaired) electrons. The van der Waals surface area contributed by atoms with Crippen LogP contribution in [0.5, 0.6) is 5.75 Å². The van der Waals surface area contributed by atoms with Crippen LogP contribution in [0.3, 0.4) is 0 Å². The minimum atomic E-state index is -0.277. The second-order valence-corrected chi connectivity index (χ2v) is 5.62. The van der Waals surface area contributed by atoms with Gasteiger partial charge in [-0.15, -0.1) is 0 Å². The number of nitrogens with zero attached hydrogens (tertiary/aromatic N) is 2. The quantitative estimate of drug-likeness (QED) is 0.916. The summed E-state index contributed by atoms with van der Waals surface area (Å²) in [4.78, 5) is 30.5. The fraction of sp³-hybridized carbons (Fsp3) is 0.278. The molecule has 2 rings (SSSR count). The standard InChI is InChI=1S/C18H21N3O3/c1-12(2)20-17(22)15-10-13(7-8-16(15)24-4)18(23)21(3)14-6-5-9-19-11-14/h5-12H,1-4H3,(H,20,22). The third-order valence-electron chi connectivity index (χ3n) is 3.45. The molecule has 6 nitrogen and oxygen atoms in total. The molecule has 0 unspecified atom stereocenters. The van der Waals surface area contributed by atoms with E-state index in [0.29, 0.717) is 22.6 Å². The molecule has 1 aromatic heterocycles. The van der Waals surface area contributed by atoms with Crippen LogP contribution in [0, 0.1) is 0 Å². The molecular weight excluding hydrogens is 306 g/mol. The predicted molar refractivity (Wildman–Crippen MR) is 92.6 cm³/mol. The Labute approximate surface area is 141 Å². The van der Waals surface area contributed by atoms with Crippen molar-refractivity contribution < 1.29 is 14.3 Å². The number of ether oxygens (including phenoxy) is 1. The fourth-order valence-corrected chi connectivity index (χ4v) is 2.22. The van der Waals surface area contributed by atoms with Gasteiger partial charge in [-0.25, -0.2) is 0 Å². The van der Waals surface area contributed by atoms with Crippen molar-refractivity contribution in [2.45, 2.75) is 19.9 Å². The minimum Gasteiger partial charge on any atom is -0.496 e. The van der Waals surface area contributed by atoms with Crippen LogP contribution in [-0.4, -0.2) is 37.0 Å². The van der Waals surface area contributed by atoms with E-state index in [1.54, 1.807) is 49.8 Å². The molecule has 0 aliphatic rings. The maximum atomic E-state index is 12.7. The van der Waals surface area contributed by atoms with Crippen molar-refractivity contribution in [1.29, 1.82) is 0 Å². The molecule has 1 aromatic carbocycles. The Morgan fingerprint density at radius 1 is 1.25 bits per heavy atom. The van der Waals surface area contributed by atoms with E-state index in [1.807, 2.05) is 13.8 Å². The van der Waals surface area contributed by atoms with E-state index in [9.17, 15) is 9.59 Å². The number of pyridine rings is 1. The summed E-state index contributed by atoms with van der Waals surface area (Å²) in [5.41, 5.74) is 1.40. The molecule has 2 amide bonds. The van der Waals surface area contributed by atoms with Crippen LogP contribution in [0.1, 0.15) is 34.6 Å². The van der Waals surface area contributed by atoms with Gasteiger partial charge in [0.15, 0.2) is 0 Å². The fourth-order valence-electron chi connectivity index (χ4n) is 2.22. The first-order chi connectivity index (χ1) is 11.4. The van der Waals surface area contributed by atoms with Gasteiger partial charge in [0, 0.05) is 24.8 Å². The van der Waals surface area contributed by atoms with Crippen LogP contribution >= 0.6 is 0 Å². The van der Waals surface area contributed by atoms with Gasteiger partial charge in [0.2, 0.25) is 0 Å². The van der Waals surface area contributed by atoms with Gasteiger partial charge in [0.1, 0.15) is 5.75 Å². The van der Waals surface area contributed by atoms with Gasteiger partial charge in [-0.2, -0.15) is 0 Å². The van der Waals surface area contributed by atoms with Crippen molar-refractivity contribution in [3.63, 3.8) is 0 Å². The number of amides is 2. The maximum absolute atomic E-state index is 12.7. The number of benzene rings is 1. The van der Waals surface area contributed by atoms with Gasteiger partial charge in [-0.1, -0.05) is 0 Å². The zero-order valence-electron chi connectivity index (χ0n) is 14.2. The van der Waals surface area contributed by atoms with E-state index in [0.717, 1.165) is 0 Å². The predicted octanol–water partition coefficient (Wildman–Crippen LogP) is 2.51. The SMILES string of the molecule is COc1ccc(C(=O)N(C)c2cccnc2)cc1C(=O)NC(C)C. The Kier molecular flexibility index (Phi) is 5.52. The van der Waals surface area contributed by atoms with Gasteiger partial charge < -0.3 is 15.0 Å². The number of anilines is 1. The molecule has 0 bridgehead atoms. The molecule has 0 aliphatic heterocycles. The van der Waals surface area contributed by atoms with Gasteiger partial charge in [-0.3, -0.25) is 14.6 Å². The van der Waals surface area contributed by atoms with Crippen LogP contribution in [0.25, 0.3) is 0 Å². The molecule has 24 heavy (non-hydrogen) atoms. The Morgan fingerprint density at radius 2 is 2.00 bits per heavy atom. The lowest BCUT2D eigenvalue weighted by Crippen LogP contribution is -2.31. The molecule has 0 atom stereocenters. The van der Waals surface area contributed by atoms with E-state index >= 15 is 0 Å². The molecule has 0 spiro atoms. The number of carbonyl (C=O) groups excluding carboxylic acids is 2. The summed E-state index contributed by atoms with van der Waals surface area (Å²) in [5.74, 6) is -0.0847. The summed E-state index contributed by atoms with van der Waals surface area (Å²) >= 11 is 0. The topological polar surface area (TPSA) is 71.5 Å². The highest BCUT2D eigenvalue weighted by Crippen LogP contribution is 2.22. The third kappa shape index (κ3) is 3.90. The first-order valence-corrected chi connectivity index (χ1v) is 7.61. The molecule has 0 aliphatic carbocycles. The summed E-state index contributed by atoms with van der Waals surface area (Å²) in [5, 5.41) is 2.81. The molecule has 126 valence electrons. The van der Waals surface area contributed by atoms with E-state index < -0.39 is 0 Å². The molecule has 1 heterocycles. The van der Waals surface area contributed by atoms with Gasteiger partial charge >= 0.3 is 0 Å². The van der Waals surface area contributed by atoms with Crippen LogP contribution in [-0.2, 0) is 0 Å². The number of rotatable bonds is 5. The summed E-state index contributed by atoms with van der Waals surface area (Å²) in [6.07, 6.45) is 3.25. The van der Waals surface area contributed by atoms with Gasteiger partial charge in [-0.05, 0) is 44.2 Å². The molecule has 2 aromatic rings. The Bertz CT molecular complexity index is 730. The summed E-state index contributed by atoms with van der Waals surface area (Å²) in [6, 6.07) is 8.35. The Balaban J connectivity index is 2.34. The van der Waals surface area contributed by atoms with E-state index in [1.165, 1.54) is 12.0 Å². The van der Waals surface area contributed by atoms with Crippen molar-refractivity contribution in [1.82, 2.24) is 10.3 Å². The monoisotopic (exact) mass is 327 g/mol. The van der Waals surface area contributed by atoms with Crippen molar-refractivity contribution in [3.8, 4) is 5.75 Å². The molecule has 1 N–H and O–H groups in total. The first-order valence-electron chi connectivity index (χ1n) is 7.61. The zero-order valence-corrected chi connectivity index (χ0v) is 14.2. The van der Waals surface area contributed by atoms with Gasteiger partial charge in [0.05, 0.1) is 24.6 Å². The van der Waals surface area contributed by atoms with E-state index in [4.69, 9.17) is 4.74 Å². The molecule has 0 fully saturated rings. The largest absolute Gasteiger partial charge is 0.496 e. The highest BCUT2D eigenvalue weighted by atomic mass is 16.5. The second kappa shape index (κ2) is 7.59. The normalized spacial score (nSPS) is 10.4. The lowest BCUT2D eigenvalue weighted by Gasteiger charge is -2.18. The van der Waals surface area contributed by atoms with Crippen molar-refractivity contribution in [2.75, 3.05) is 19.1 Å². The lowest BCUT2D eigenvalue weighted by molar-refractivity contribution is 0.0940. The average molecular weight is 327 g/mol. The number of hydrogen-bond acceptors (Lipinski definition) is 4. The lowest BCUT2D eigenvalue weighted by atomic mass is 10.1. The smallest absolute Gasteiger partial charge is 0.258 e. The molecule has 0 saturated carbocycles. The van der Waals surface area contributed by atoms with Crippen LogP contribution in [0.4, 0.5) is 5.69 Å². The van der Waals surface area contributed by atoms with E-state index in [2.05, 4.69) is 10.3 Å². The summed E-state index contributed by atoms with van der Waals surface area (Å²) < 4.78 is 5.23. The average Bonchev–Trinajstić information content (AvgIpc) is 2.60. The minimum absolute atomic E-state index is 0.0142. The van der Waals surface area contributed by atoms with Crippen molar-refractivity contribution >= 4 is 17.5 Å². The molecule has 6 heteroatoms. The van der Waals surface area contributed by atoms with Crippen molar-refractivity contribution in [2.24, 2.45) is 0 Å². The summed E-state index contributed by atoms with van der Waals surface area (Å²) in [7, 11) is 3.15. The number of methoxy groups -OCH3 is 1. The Hall–Kier alpha value is -2.89. The number of hydrogen-bond donors (Lipinski definition) is 1. The van der Waals surface area contributed by atoms with Crippen LogP contribution < -0.4 is 15.0 Å².